The van der Waals surface area contributed by atoms with Crippen LogP contribution in [0.25, 0.3) is 22.6 Å². The zero-order chi connectivity index (χ0) is 22.9. The summed E-state index contributed by atoms with van der Waals surface area (Å²) in [6.45, 7) is 3.64. The van der Waals surface area contributed by atoms with Crippen molar-refractivity contribution < 1.29 is 9.62 Å². The molecule has 0 amide bonds. The molecule has 6 rings (SSSR count). The largest absolute Gasteiger partial charge is 0.456 e. The number of pyridine rings is 1. The average molecular weight is 453 g/mol. The first-order valence-electron chi connectivity index (χ1n) is 11.4. The molecule has 2 aliphatic rings. The van der Waals surface area contributed by atoms with E-state index >= 15 is 0 Å². The molecule has 1 aliphatic carbocycles. The molecule has 4 aromatic rings. The van der Waals surface area contributed by atoms with Crippen LogP contribution in [0.3, 0.4) is 0 Å². The molecule has 1 saturated heterocycles. The number of nitrogens with zero attached hydrogens (tertiary/aromatic N) is 5. The van der Waals surface area contributed by atoms with Crippen LogP contribution in [0.15, 0.2) is 76.8 Å². The summed E-state index contributed by atoms with van der Waals surface area (Å²) in [4.78, 5) is 15.5. The fourth-order valence-electron chi connectivity index (χ4n) is 4.84. The number of anilines is 1. The summed E-state index contributed by atoms with van der Waals surface area (Å²) >= 11 is 0. The first kappa shape index (κ1) is 20.6. The van der Waals surface area contributed by atoms with Crippen LogP contribution in [0.5, 0.6) is 0 Å². The van der Waals surface area contributed by atoms with Crippen LogP contribution < -0.4 is 10.2 Å². The Balaban J connectivity index is 1.40. The van der Waals surface area contributed by atoms with E-state index in [1.165, 1.54) is 0 Å². The predicted molar refractivity (Wildman–Crippen MR) is 129 cm³/mol. The van der Waals surface area contributed by atoms with Gasteiger partial charge in [-0.3, -0.25) is 4.98 Å². The van der Waals surface area contributed by atoms with Crippen molar-refractivity contribution in [3.8, 4) is 22.6 Å². The van der Waals surface area contributed by atoms with Crippen molar-refractivity contribution in [1.29, 1.82) is 0 Å². The highest BCUT2D eigenvalue weighted by atomic mass is 16.4. The third kappa shape index (κ3) is 3.62. The van der Waals surface area contributed by atoms with Crippen molar-refractivity contribution in [3.05, 3.63) is 83.9 Å². The van der Waals surface area contributed by atoms with E-state index in [-0.39, 0.29) is 5.92 Å². The molecule has 8 nitrogen and oxygen atoms in total. The summed E-state index contributed by atoms with van der Waals surface area (Å²) in [6, 6.07) is 13.9. The first-order chi connectivity index (χ1) is 16.8. The van der Waals surface area contributed by atoms with Crippen LogP contribution >= 0.6 is 0 Å². The number of rotatable bonds is 4. The molecule has 3 aromatic heterocycles. The highest BCUT2D eigenvalue weighted by Gasteiger charge is 2.34. The lowest BCUT2D eigenvalue weighted by Crippen LogP contribution is -2.44. The van der Waals surface area contributed by atoms with E-state index < -0.39 is 0 Å². The van der Waals surface area contributed by atoms with Crippen LogP contribution in [0.1, 0.15) is 22.6 Å². The molecular formula is C26H24N6O2. The van der Waals surface area contributed by atoms with Crippen LogP contribution in [0, 0.1) is 0 Å². The van der Waals surface area contributed by atoms with E-state index in [1.807, 2.05) is 48.8 Å². The first-order valence-corrected chi connectivity index (χ1v) is 11.4. The standard InChI is InChI=1S/C26H24N6O2/c33-31-24-20-4-2-1-3-18(20)13-21(24)22-14-23(34-25(22)17-5-7-27-8-6-17)19-15-29-26(30-16-19)32-11-9-28-10-12-32/h1-8,14-16,21,28,33H,9-13H2/b31-24+. The number of fused-ring (bicyclic) bond motifs is 1. The number of nitrogens with one attached hydrogen (secondary N) is 1. The topological polar surface area (TPSA) is 99.7 Å². The van der Waals surface area contributed by atoms with Gasteiger partial charge < -0.3 is 19.8 Å². The molecule has 0 radical (unpaired) electrons. The SMILES string of the molecule is O/N=C1\c2ccccc2CC1c1cc(-c2cnc(N3CCNCC3)nc2)oc1-c1ccncc1. The zero-order valence-electron chi connectivity index (χ0n) is 18.6. The second-order valence-corrected chi connectivity index (χ2v) is 8.54. The predicted octanol–water partition coefficient (Wildman–Crippen LogP) is 3.73. The van der Waals surface area contributed by atoms with Gasteiger partial charge in [-0.25, -0.2) is 9.97 Å². The highest BCUT2D eigenvalue weighted by Crippen LogP contribution is 2.42. The van der Waals surface area contributed by atoms with Gasteiger partial charge in [-0.05, 0) is 30.2 Å². The summed E-state index contributed by atoms with van der Waals surface area (Å²) in [5.41, 5.74) is 5.48. The van der Waals surface area contributed by atoms with Gasteiger partial charge >= 0.3 is 0 Å². The van der Waals surface area contributed by atoms with Gasteiger partial charge in [0.1, 0.15) is 11.5 Å². The van der Waals surface area contributed by atoms with Crippen molar-refractivity contribution in [1.82, 2.24) is 20.3 Å². The molecular weight excluding hydrogens is 428 g/mol. The van der Waals surface area contributed by atoms with Gasteiger partial charge in [0.25, 0.3) is 0 Å². The molecule has 2 N–H and O–H groups in total. The zero-order valence-corrected chi connectivity index (χ0v) is 18.6. The Labute approximate surface area is 197 Å². The minimum Gasteiger partial charge on any atom is -0.456 e. The Morgan fingerprint density at radius 3 is 2.53 bits per heavy atom. The van der Waals surface area contributed by atoms with E-state index in [0.717, 1.165) is 72.1 Å². The van der Waals surface area contributed by atoms with Crippen molar-refractivity contribution in [3.63, 3.8) is 0 Å². The van der Waals surface area contributed by atoms with Gasteiger partial charge in [0.15, 0.2) is 0 Å². The quantitative estimate of drug-likeness (QED) is 0.360. The Kier molecular flexibility index (Phi) is 5.27. The molecule has 8 heteroatoms. The summed E-state index contributed by atoms with van der Waals surface area (Å²) in [5, 5.41) is 16.9. The van der Waals surface area contributed by atoms with Gasteiger partial charge in [-0.15, -0.1) is 0 Å². The maximum atomic E-state index is 9.90. The van der Waals surface area contributed by atoms with E-state index in [0.29, 0.717) is 11.5 Å². The number of piperazine rings is 1. The lowest BCUT2D eigenvalue weighted by Gasteiger charge is -2.27. The maximum absolute atomic E-state index is 9.90. The number of aromatic nitrogens is 3. The third-order valence-electron chi connectivity index (χ3n) is 6.56. The normalized spacial score (nSPS) is 18.9. The molecule has 170 valence electrons. The molecule has 0 bridgehead atoms. The highest BCUT2D eigenvalue weighted by molar-refractivity contribution is 6.09. The number of benzene rings is 1. The van der Waals surface area contributed by atoms with Crippen molar-refractivity contribution >= 4 is 11.7 Å². The fraction of sp³-hybridized carbons (Fsp3) is 0.231. The molecule has 1 unspecified atom stereocenters. The molecule has 4 heterocycles. The minimum absolute atomic E-state index is 0.121. The third-order valence-corrected chi connectivity index (χ3v) is 6.56. The van der Waals surface area contributed by atoms with Crippen LogP contribution in [0.4, 0.5) is 5.95 Å². The van der Waals surface area contributed by atoms with Gasteiger partial charge in [0, 0.05) is 73.6 Å². The maximum Gasteiger partial charge on any atom is 0.225 e. The summed E-state index contributed by atoms with van der Waals surface area (Å²) in [6.07, 6.45) is 7.86. The Morgan fingerprint density at radius 2 is 1.76 bits per heavy atom. The van der Waals surface area contributed by atoms with Gasteiger partial charge in [-0.1, -0.05) is 29.4 Å². The molecule has 1 fully saturated rings. The van der Waals surface area contributed by atoms with Gasteiger partial charge in [0.2, 0.25) is 5.95 Å². The van der Waals surface area contributed by atoms with Crippen molar-refractivity contribution in [2.75, 3.05) is 31.1 Å². The minimum atomic E-state index is -0.121. The van der Waals surface area contributed by atoms with Crippen molar-refractivity contribution in [2.24, 2.45) is 5.16 Å². The van der Waals surface area contributed by atoms with Crippen LogP contribution in [-0.4, -0.2) is 52.0 Å². The van der Waals surface area contributed by atoms with Gasteiger partial charge in [0.05, 0.1) is 11.3 Å². The lowest BCUT2D eigenvalue weighted by atomic mass is 9.92. The number of hydrogen-bond acceptors (Lipinski definition) is 8. The van der Waals surface area contributed by atoms with Crippen LogP contribution in [-0.2, 0) is 6.42 Å². The Morgan fingerprint density at radius 1 is 1.00 bits per heavy atom. The monoisotopic (exact) mass is 452 g/mol. The number of hydrogen-bond donors (Lipinski definition) is 2. The van der Waals surface area contributed by atoms with E-state index in [4.69, 9.17) is 4.42 Å². The number of oxime groups is 1. The lowest BCUT2D eigenvalue weighted by molar-refractivity contribution is 0.317. The smallest absolute Gasteiger partial charge is 0.225 e. The molecule has 1 aromatic carbocycles. The second kappa shape index (κ2) is 8.72. The summed E-state index contributed by atoms with van der Waals surface area (Å²) < 4.78 is 6.41. The number of furan rings is 1. The van der Waals surface area contributed by atoms with Crippen molar-refractivity contribution in [2.45, 2.75) is 12.3 Å². The van der Waals surface area contributed by atoms with E-state index in [2.05, 4.69) is 36.4 Å². The van der Waals surface area contributed by atoms with E-state index in [1.54, 1.807) is 12.4 Å². The Hall–Kier alpha value is -4.04. The second-order valence-electron chi connectivity index (χ2n) is 8.54. The molecule has 1 aliphatic heterocycles. The fourth-order valence-corrected chi connectivity index (χ4v) is 4.84. The molecule has 34 heavy (non-hydrogen) atoms. The molecule has 0 saturated carbocycles. The van der Waals surface area contributed by atoms with Gasteiger partial charge in [-0.2, -0.15) is 0 Å². The summed E-state index contributed by atoms with van der Waals surface area (Å²) in [5.74, 6) is 2.03. The summed E-state index contributed by atoms with van der Waals surface area (Å²) in [7, 11) is 0. The average Bonchev–Trinajstić information content (AvgIpc) is 3.51. The molecule has 0 spiro atoms. The Bertz CT molecular complexity index is 1330. The van der Waals surface area contributed by atoms with Crippen LogP contribution in [0.2, 0.25) is 0 Å². The van der Waals surface area contributed by atoms with E-state index in [9.17, 15) is 5.21 Å². The molecule has 1 atom stereocenters.